The van der Waals surface area contributed by atoms with Crippen molar-refractivity contribution in [3.63, 3.8) is 0 Å². The Morgan fingerprint density at radius 2 is 1.90 bits per heavy atom. The predicted molar refractivity (Wildman–Crippen MR) is 126 cm³/mol. The van der Waals surface area contributed by atoms with Crippen molar-refractivity contribution in [3.05, 3.63) is 63.9 Å². The number of imidazole rings is 1. The maximum absolute atomic E-state index is 6.21. The highest BCUT2D eigenvalue weighted by Crippen LogP contribution is 2.25. The Morgan fingerprint density at radius 1 is 1.13 bits per heavy atom. The van der Waals surface area contributed by atoms with Gasteiger partial charge in [0.1, 0.15) is 0 Å². The van der Waals surface area contributed by atoms with E-state index in [-0.39, 0.29) is 0 Å². The molecule has 0 aliphatic carbocycles. The summed E-state index contributed by atoms with van der Waals surface area (Å²) >= 11 is 17.6. The van der Waals surface area contributed by atoms with Gasteiger partial charge in [-0.25, -0.2) is 15.0 Å². The zero-order valence-electron chi connectivity index (χ0n) is 16.3. The standard InChI is InChI=1S/C19H20Cl2N8S/c1-11-7-12(2)26-18(25-11)28-17(23-6-5-14-9-22-10-24-14)29-19(30)27-16-4-3-13(20)8-15(16)21/h3-4,7-10H,5-6H2,1-2H3,(H,22,24)(H3,23,25,26,27,28,29,30). The van der Waals surface area contributed by atoms with Gasteiger partial charge in [0.2, 0.25) is 11.9 Å². The summed E-state index contributed by atoms with van der Waals surface area (Å²) in [6.45, 7) is 4.29. The van der Waals surface area contributed by atoms with Gasteiger partial charge in [0.15, 0.2) is 5.11 Å². The summed E-state index contributed by atoms with van der Waals surface area (Å²) < 4.78 is 0. The second kappa shape index (κ2) is 10.3. The third-order valence-electron chi connectivity index (χ3n) is 3.83. The zero-order valence-corrected chi connectivity index (χ0v) is 18.7. The molecule has 0 saturated heterocycles. The number of halogens is 2. The molecule has 4 N–H and O–H groups in total. The first-order chi connectivity index (χ1) is 14.4. The molecule has 1 aromatic carbocycles. The number of nitrogens with zero attached hydrogens (tertiary/aromatic N) is 4. The van der Waals surface area contributed by atoms with Crippen LogP contribution in [-0.2, 0) is 6.42 Å². The Labute approximate surface area is 189 Å². The minimum absolute atomic E-state index is 0.302. The Kier molecular flexibility index (Phi) is 7.56. The highest BCUT2D eigenvalue weighted by atomic mass is 35.5. The van der Waals surface area contributed by atoms with Gasteiger partial charge in [0.25, 0.3) is 0 Å². The van der Waals surface area contributed by atoms with Crippen LogP contribution in [0.3, 0.4) is 0 Å². The molecule has 2 heterocycles. The lowest BCUT2D eigenvalue weighted by Gasteiger charge is -2.15. The van der Waals surface area contributed by atoms with Gasteiger partial charge in [-0.3, -0.25) is 10.3 Å². The average molecular weight is 463 g/mol. The van der Waals surface area contributed by atoms with E-state index in [1.807, 2.05) is 19.9 Å². The van der Waals surface area contributed by atoms with Crippen LogP contribution in [-0.4, -0.2) is 37.6 Å². The van der Waals surface area contributed by atoms with E-state index in [9.17, 15) is 0 Å². The lowest BCUT2D eigenvalue weighted by Crippen LogP contribution is -2.39. The number of hydrogen-bond donors (Lipinski definition) is 4. The number of nitrogens with one attached hydrogen (secondary N) is 4. The van der Waals surface area contributed by atoms with Crippen LogP contribution in [0, 0.1) is 13.8 Å². The Morgan fingerprint density at radius 3 is 2.57 bits per heavy atom. The van der Waals surface area contributed by atoms with E-state index in [1.54, 1.807) is 30.7 Å². The molecular weight excluding hydrogens is 443 g/mol. The van der Waals surface area contributed by atoms with Crippen molar-refractivity contribution in [1.29, 1.82) is 0 Å². The van der Waals surface area contributed by atoms with E-state index >= 15 is 0 Å². The smallest absolute Gasteiger partial charge is 0.229 e. The number of aryl methyl sites for hydroxylation is 2. The predicted octanol–water partition coefficient (Wildman–Crippen LogP) is 4.12. The van der Waals surface area contributed by atoms with Gasteiger partial charge in [-0.1, -0.05) is 23.2 Å². The van der Waals surface area contributed by atoms with Crippen LogP contribution >= 0.6 is 35.4 Å². The second-order valence-electron chi connectivity index (χ2n) is 6.36. The number of aromatic amines is 1. The lowest BCUT2D eigenvalue weighted by molar-refractivity contribution is 0.927. The summed E-state index contributed by atoms with van der Waals surface area (Å²) in [5.41, 5.74) is 3.29. The molecule has 2 aromatic heterocycles. The van der Waals surface area contributed by atoms with Crippen molar-refractivity contribution in [1.82, 2.24) is 25.3 Å². The highest BCUT2D eigenvalue weighted by Gasteiger charge is 2.09. The van der Waals surface area contributed by atoms with Crippen LogP contribution in [0.4, 0.5) is 11.6 Å². The molecule has 11 heteroatoms. The molecule has 0 spiro atoms. The van der Waals surface area contributed by atoms with Gasteiger partial charge < -0.3 is 15.6 Å². The Hall–Kier alpha value is -2.75. The van der Waals surface area contributed by atoms with E-state index in [4.69, 9.17) is 35.4 Å². The van der Waals surface area contributed by atoms with Gasteiger partial charge in [-0.2, -0.15) is 0 Å². The molecular formula is C19H20Cl2N8S. The van der Waals surface area contributed by atoms with Crippen molar-refractivity contribution in [2.24, 2.45) is 4.99 Å². The van der Waals surface area contributed by atoms with E-state index < -0.39 is 0 Å². The summed E-state index contributed by atoms with van der Waals surface area (Å²) in [6.07, 6.45) is 4.08. The zero-order chi connectivity index (χ0) is 21.5. The van der Waals surface area contributed by atoms with E-state index in [2.05, 4.69) is 40.9 Å². The van der Waals surface area contributed by atoms with Crippen molar-refractivity contribution in [2.75, 3.05) is 17.2 Å². The SMILES string of the molecule is Cc1cc(C)nc(NC(=NCCc2cnc[nH]2)NC(=S)Nc2ccc(Cl)cc2Cl)n1. The Bertz CT molecular complexity index is 1030. The fourth-order valence-electron chi connectivity index (χ4n) is 2.56. The molecule has 0 saturated carbocycles. The normalized spacial score (nSPS) is 11.3. The first kappa shape index (κ1) is 21.9. The second-order valence-corrected chi connectivity index (χ2v) is 7.61. The lowest BCUT2D eigenvalue weighted by atomic mass is 10.3. The van der Waals surface area contributed by atoms with Crippen molar-refractivity contribution in [3.8, 4) is 0 Å². The molecule has 3 aromatic rings. The number of guanidine groups is 1. The number of aliphatic imine (C=N–C) groups is 1. The van der Waals surface area contributed by atoms with Crippen molar-refractivity contribution < 1.29 is 0 Å². The number of aromatic nitrogens is 4. The van der Waals surface area contributed by atoms with E-state index in [0.29, 0.717) is 45.7 Å². The maximum atomic E-state index is 6.21. The first-order valence-electron chi connectivity index (χ1n) is 9.03. The van der Waals surface area contributed by atoms with Crippen LogP contribution in [0.15, 0.2) is 41.8 Å². The average Bonchev–Trinajstić information content (AvgIpc) is 3.16. The third-order valence-corrected chi connectivity index (χ3v) is 4.58. The molecule has 30 heavy (non-hydrogen) atoms. The maximum Gasteiger partial charge on any atom is 0.229 e. The number of hydrogen-bond acceptors (Lipinski definition) is 5. The van der Waals surface area contributed by atoms with E-state index in [0.717, 1.165) is 17.1 Å². The number of anilines is 2. The molecule has 156 valence electrons. The summed E-state index contributed by atoms with van der Waals surface area (Å²) in [5.74, 6) is 0.828. The van der Waals surface area contributed by atoms with Gasteiger partial charge in [0, 0.05) is 41.3 Å². The molecule has 0 radical (unpaired) electrons. The quantitative estimate of drug-likeness (QED) is 0.256. The largest absolute Gasteiger partial charge is 0.348 e. The topological polar surface area (TPSA) is 103 Å². The fourth-order valence-corrected chi connectivity index (χ4v) is 3.22. The number of rotatable bonds is 5. The van der Waals surface area contributed by atoms with Gasteiger partial charge in [-0.15, -0.1) is 0 Å². The van der Waals surface area contributed by atoms with Crippen LogP contribution in [0.5, 0.6) is 0 Å². The van der Waals surface area contributed by atoms with Crippen LogP contribution in [0.1, 0.15) is 17.1 Å². The van der Waals surface area contributed by atoms with Gasteiger partial charge in [-0.05, 0) is 50.3 Å². The molecule has 0 fully saturated rings. The fraction of sp³-hybridized carbons (Fsp3) is 0.211. The molecule has 0 aliphatic heterocycles. The van der Waals surface area contributed by atoms with Gasteiger partial charge in [0.05, 0.1) is 17.0 Å². The summed E-state index contributed by atoms with van der Waals surface area (Å²) in [4.78, 5) is 20.4. The number of thiocarbonyl (C=S) groups is 1. The van der Waals surface area contributed by atoms with Crippen molar-refractivity contribution in [2.45, 2.75) is 20.3 Å². The molecule has 0 amide bonds. The summed E-state index contributed by atoms with van der Waals surface area (Å²) in [6, 6.07) is 6.99. The van der Waals surface area contributed by atoms with E-state index in [1.165, 1.54) is 0 Å². The molecule has 8 nitrogen and oxygen atoms in total. The molecule has 0 aliphatic rings. The van der Waals surface area contributed by atoms with Crippen LogP contribution in [0.2, 0.25) is 10.0 Å². The first-order valence-corrected chi connectivity index (χ1v) is 10.2. The molecule has 0 unspecified atom stereocenters. The minimum atomic E-state index is 0.302. The minimum Gasteiger partial charge on any atom is -0.348 e. The third kappa shape index (κ3) is 6.65. The summed E-state index contributed by atoms with van der Waals surface area (Å²) in [7, 11) is 0. The molecule has 0 atom stereocenters. The number of H-pyrrole nitrogens is 1. The van der Waals surface area contributed by atoms with Crippen LogP contribution < -0.4 is 16.0 Å². The number of benzene rings is 1. The molecule has 0 bridgehead atoms. The Balaban J connectivity index is 1.72. The van der Waals surface area contributed by atoms with Gasteiger partial charge >= 0.3 is 0 Å². The monoisotopic (exact) mass is 462 g/mol. The summed E-state index contributed by atoms with van der Waals surface area (Å²) in [5, 5.41) is 10.5. The van der Waals surface area contributed by atoms with Crippen molar-refractivity contribution >= 4 is 58.1 Å². The van der Waals surface area contributed by atoms with Crippen LogP contribution in [0.25, 0.3) is 0 Å². The highest BCUT2D eigenvalue weighted by molar-refractivity contribution is 7.80. The molecule has 3 rings (SSSR count).